The van der Waals surface area contributed by atoms with Gasteiger partial charge in [-0.15, -0.1) is 22.6 Å². The first-order valence-corrected chi connectivity index (χ1v) is 11.6. The molecule has 4 N–H and O–H groups in total. The summed E-state index contributed by atoms with van der Waals surface area (Å²) >= 11 is 6.07. The third-order valence-electron chi connectivity index (χ3n) is 4.85. The maximum Gasteiger partial charge on any atom is 0.296 e. The zero-order valence-electron chi connectivity index (χ0n) is 18.8. The Balaban J connectivity index is 0.00000432. The molecular formula is C21H22Cl2N6O5S. The van der Waals surface area contributed by atoms with Crippen LogP contribution in [0.2, 0.25) is 5.02 Å². The molecule has 0 radical (unpaired) electrons. The minimum Gasteiger partial charge on any atom is -0.510 e. The number of aliphatic hydroxyl groups excluding tert-OH is 1. The molecule has 0 bridgehead atoms. The fourth-order valence-electron chi connectivity index (χ4n) is 3.02. The van der Waals surface area contributed by atoms with Gasteiger partial charge in [0.2, 0.25) is 0 Å². The number of carbonyl (C=O) groups excluding carboxylic acids is 1. The van der Waals surface area contributed by atoms with Crippen molar-refractivity contribution < 1.29 is 18.3 Å². The van der Waals surface area contributed by atoms with Crippen LogP contribution in [0.5, 0.6) is 0 Å². The number of nitrogens with two attached hydrogens (primary N) is 1. The second-order valence-corrected chi connectivity index (χ2v) is 9.24. The Kier molecular flexibility index (Phi) is 8.50. The quantitative estimate of drug-likeness (QED) is 0.236. The smallest absolute Gasteiger partial charge is 0.296 e. The summed E-state index contributed by atoms with van der Waals surface area (Å²) in [7, 11) is -2.61. The molecule has 1 aromatic heterocycles. The first kappa shape index (κ1) is 27.6. The molecule has 2 aromatic carbocycles. The van der Waals surface area contributed by atoms with Crippen molar-refractivity contribution in [2.75, 3.05) is 4.72 Å². The van der Waals surface area contributed by atoms with Crippen LogP contribution in [0.4, 0.5) is 11.4 Å². The van der Waals surface area contributed by atoms with Gasteiger partial charge in [-0.3, -0.25) is 19.0 Å². The Hall–Kier alpha value is -3.61. The number of hydrogen-bond acceptors (Lipinski definition) is 7. The van der Waals surface area contributed by atoms with Gasteiger partial charge in [0.25, 0.3) is 21.5 Å². The Labute approximate surface area is 212 Å². The minimum atomic E-state index is -4.24. The van der Waals surface area contributed by atoms with Gasteiger partial charge in [0.1, 0.15) is 17.1 Å². The SMILES string of the molecule is CC(O)=C(N=Nc1cc(S(=O)(=O)Nc2c(C)n(C)n(-c3ccccc3)c2=O)ccc1Cl)C(N)=O.Cl. The van der Waals surface area contributed by atoms with Gasteiger partial charge in [-0.1, -0.05) is 29.8 Å². The van der Waals surface area contributed by atoms with Gasteiger partial charge in [0, 0.05) is 7.05 Å². The third kappa shape index (κ3) is 5.73. The maximum atomic E-state index is 13.1. The lowest BCUT2D eigenvalue weighted by Gasteiger charge is -2.08. The van der Waals surface area contributed by atoms with Gasteiger partial charge in [0.05, 0.1) is 21.3 Å². The number of primary amides is 1. The highest BCUT2D eigenvalue weighted by Crippen LogP contribution is 2.30. The first-order chi connectivity index (χ1) is 15.9. The summed E-state index contributed by atoms with van der Waals surface area (Å²) < 4.78 is 31.3. The van der Waals surface area contributed by atoms with Crippen LogP contribution in [0.25, 0.3) is 5.69 Å². The van der Waals surface area contributed by atoms with Crippen LogP contribution in [0.1, 0.15) is 12.6 Å². The van der Waals surface area contributed by atoms with Crippen molar-refractivity contribution >= 4 is 51.3 Å². The summed E-state index contributed by atoms with van der Waals surface area (Å²) in [5.41, 5.74) is 4.79. The summed E-state index contributed by atoms with van der Waals surface area (Å²) in [6.45, 7) is 2.80. The number of nitrogens with one attached hydrogen (secondary N) is 1. The normalized spacial score (nSPS) is 12.2. The molecule has 0 spiro atoms. The van der Waals surface area contributed by atoms with Crippen LogP contribution >= 0.6 is 24.0 Å². The van der Waals surface area contributed by atoms with Crippen molar-refractivity contribution in [2.45, 2.75) is 18.7 Å². The number of aromatic nitrogens is 2. The monoisotopic (exact) mass is 540 g/mol. The number of carbonyl (C=O) groups is 1. The number of anilines is 1. The van der Waals surface area contributed by atoms with Crippen molar-refractivity contribution in [1.29, 1.82) is 0 Å². The van der Waals surface area contributed by atoms with Crippen molar-refractivity contribution in [3.8, 4) is 5.69 Å². The standard InChI is InChI=1S/C21H21ClN6O5S.ClH/c1-12-18(21(31)28(27(12)3)14-7-5-4-6-8-14)26-34(32,33)15-9-10-16(22)17(11-15)24-25-19(13(2)29)20(23)30;/h4-11,26,29H,1-3H3,(H2,23,30);1H. The predicted octanol–water partition coefficient (Wildman–Crippen LogP) is 3.72. The van der Waals surface area contributed by atoms with Crippen molar-refractivity contribution in [3.05, 3.63) is 81.1 Å². The lowest BCUT2D eigenvalue weighted by molar-refractivity contribution is -0.114. The van der Waals surface area contributed by atoms with E-state index in [0.717, 1.165) is 6.07 Å². The van der Waals surface area contributed by atoms with Crippen LogP contribution in [-0.2, 0) is 21.9 Å². The molecule has 1 heterocycles. The topological polar surface area (TPSA) is 161 Å². The number of azo groups is 1. The van der Waals surface area contributed by atoms with E-state index in [-0.39, 0.29) is 33.7 Å². The molecule has 3 aromatic rings. The number of benzene rings is 2. The molecule has 35 heavy (non-hydrogen) atoms. The second kappa shape index (κ2) is 10.8. The fraction of sp³-hybridized carbons (Fsp3) is 0.143. The van der Waals surface area contributed by atoms with Gasteiger partial charge >= 0.3 is 0 Å². The molecule has 186 valence electrons. The van der Waals surface area contributed by atoms with E-state index in [9.17, 15) is 23.1 Å². The van der Waals surface area contributed by atoms with E-state index in [2.05, 4.69) is 15.0 Å². The number of amides is 1. The van der Waals surface area contributed by atoms with E-state index in [1.54, 1.807) is 44.3 Å². The highest BCUT2D eigenvalue weighted by molar-refractivity contribution is 7.92. The number of hydrogen-bond donors (Lipinski definition) is 3. The summed E-state index contributed by atoms with van der Waals surface area (Å²) in [5.74, 6) is -1.49. The van der Waals surface area contributed by atoms with Gasteiger partial charge in [0.15, 0.2) is 5.70 Å². The molecule has 0 aliphatic heterocycles. The van der Waals surface area contributed by atoms with Gasteiger partial charge in [-0.05, 0) is 44.2 Å². The number of aliphatic hydroxyl groups is 1. The predicted molar refractivity (Wildman–Crippen MR) is 134 cm³/mol. The average molecular weight is 541 g/mol. The molecule has 1 amide bonds. The third-order valence-corrected chi connectivity index (χ3v) is 6.52. The molecular weight excluding hydrogens is 519 g/mol. The molecule has 0 aliphatic carbocycles. The summed E-state index contributed by atoms with van der Waals surface area (Å²) in [5, 5.41) is 16.8. The van der Waals surface area contributed by atoms with Crippen LogP contribution < -0.4 is 16.0 Å². The van der Waals surface area contributed by atoms with Crippen molar-refractivity contribution in [2.24, 2.45) is 23.0 Å². The van der Waals surface area contributed by atoms with Gasteiger partial charge in [-0.25, -0.2) is 13.1 Å². The molecule has 0 fully saturated rings. The Bertz CT molecular complexity index is 1490. The van der Waals surface area contributed by atoms with Crippen LogP contribution in [0.15, 0.2) is 79.9 Å². The summed E-state index contributed by atoms with van der Waals surface area (Å²) in [6.07, 6.45) is 0. The second-order valence-electron chi connectivity index (χ2n) is 7.15. The van der Waals surface area contributed by atoms with Crippen LogP contribution in [-0.4, -0.2) is 28.8 Å². The molecule has 0 aliphatic rings. The van der Waals surface area contributed by atoms with Crippen LogP contribution in [0.3, 0.4) is 0 Å². The molecule has 3 rings (SSSR count). The summed E-state index contributed by atoms with van der Waals surface area (Å²) in [4.78, 5) is 24.1. The van der Waals surface area contributed by atoms with E-state index in [4.69, 9.17) is 17.3 Å². The van der Waals surface area contributed by atoms with Crippen molar-refractivity contribution in [3.63, 3.8) is 0 Å². The van der Waals surface area contributed by atoms with E-state index in [1.807, 2.05) is 0 Å². The highest BCUT2D eigenvalue weighted by Gasteiger charge is 2.23. The first-order valence-electron chi connectivity index (χ1n) is 9.72. The number of halogens is 2. The number of para-hydroxylation sites is 1. The lowest BCUT2D eigenvalue weighted by atomic mass is 10.3. The Morgan fingerprint density at radius 3 is 2.37 bits per heavy atom. The molecule has 0 saturated heterocycles. The Morgan fingerprint density at radius 1 is 1.17 bits per heavy atom. The van der Waals surface area contributed by atoms with Crippen LogP contribution in [0, 0.1) is 6.92 Å². The minimum absolute atomic E-state index is 0. The van der Waals surface area contributed by atoms with Gasteiger partial charge < -0.3 is 10.8 Å². The lowest BCUT2D eigenvalue weighted by Crippen LogP contribution is -2.23. The number of allylic oxidation sites excluding steroid dienone is 1. The zero-order valence-corrected chi connectivity index (χ0v) is 21.1. The Morgan fingerprint density at radius 2 is 1.80 bits per heavy atom. The molecule has 0 saturated carbocycles. The summed E-state index contributed by atoms with van der Waals surface area (Å²) in [6, 6.07) is 12.4. The molecule has 0 atom stereocenters. The number of rotatable bonds is 7. The van der Waals surface area contributed by atoms with E-state index in [0.29, 0.717) is 11.4 Å². The average Bonchev–Trinajstić information content (AvgIpc) is 2.98. The zero-order chi connectivity index (χ0) is 25.2. The van der Waals surface area contributed by atoms with E-state index >= 15 is 0 Å². The highest BCUT2D eigenvalue weighted by atomic mass is 35.5. The fourth-order valence-corrected chi connectivity index (χ4v) is 4.31. The maximum absolute atomic E-state index is 13.1. The van der Waals surface area contributed by atoms with E-state index in [1.165, 1.54) is 28.4 Å². The number of nitrogens with zero attached hydrogens (tertiary/aromatic N) is 4. The largest absolute Gasteiger partial charge is 0.510 e. The van der Waals surface area contributed by atoms with Crippen molar-refractivity contribution in [1.82, 2.24) is 9.36 Å². The molecule has 11 nitrogen and oxygen atoms in total. The number of sulfonamides is 1. The molecule has 0 unspecified atom stereocenters. The molecule has 14 heteroatoms. The van der Waals surface area contributed by atoms with Gasteiger partial charge in [-0.2, -0.15) is 0 Å². The van der Waals surface area contributed by atoms with E-state index < -0.39 is 32.9 Å².